The standard InChI is InChI=1S/C27H20Cl2N4O5/c28-20-8-4-16(5-9-20)12-18-2-1-3-24-25(18)30-31(26(24)17-6-10-21(29)11-7-17)27(34)19-13-22(32(35)36)15-23(14-19)33(37)38/h4-15,24,26H,1-3H2/b18-12+/t24-,26+/m0/s1. The molecule has 0 spiro atoms. The molecule has 2 atom stereocenters. The van der Waals surface area contributed by atoms with Gasteiger partial charge in [-0.05, 0) is 66.3 Å². The molecule has 11 heteroatoms. The van der Waals surface area contributed by atoms with Crippen molar-refractivity contribution in [3.8, 4) is 0 Å². The van der Waals surface area contributed by atoms with Crippen LogP contribution in [0.25, 0.3) is 6.08 Å². The molecule has 5 rings (SSSR count). The zero-order chi connectivity index (χ0) is 27.0. The predicted molar refractivity (Wildman–Crippen MR) is 144 cm³/mol. The van der Waals surface area contributed by atoms with E-state index in [0.29, 0.717) is 10.0 Å². The van der Waals surface area contributed by atoms with Gasteiger partial charge in [0.25, 0.3) is 17.3 Å². The number of nitro groups is 2. The number of nitro benzene ring substituents is 2. The quantitative estimate of drug-likeness (QED) is 0.245. The molecule has 1 heterocycles. The number of amides is 1. The normalized spacial score (nSPS) is 19.7. The van der Waals surface area contributed by atoms with Crippen LogP contribution in [0.2, 0.25) is 10.0 Å². The molecule has 0 radical (unpaired) electrons. The van der Waals surface area contributed by atoms with Crippen molar-refractivity contribution in [2.45, 2.75) is 25.3 Å². The topological polar surface area (TPSA) is 119 Å². The van der Waals surface area contributed by atoms with Gasteiger partial charge in [0.05, 0.1) is 33.2 Å². The van der Waals surface area contributed by atoms with Crippen molar-refractivity contribution in [1.29, 1.82) is 0 Å². The van der Waals surface area contributed by atoms with Gasteiger partial charge in [-0.25, -0.2) is 5.01 Å². The molecular formula is C27H20Cl2N4O5. The van der Waals surface area contributed by atoms with Crippen molar-refractivity contribution >= 4 is 52.3 Å². The summed E-state index contributed by atoms with van der Waals surface area (Å²) in [5, 5.41) is 30.1. The first-order valence-electron chi connectivity index (χ1n) is 11.8. The van der Waals surface area contributed by atoms with Crippen LogP contribution in [-0.2, 0) is 0 Å². The third kappa shape index (κ3) is 5.03. The van der Waals surface area contributed by atoms with Crippen LogP contribution in [0, 0.1) is 26.1 Å². The van der Waals surface area contributed by atoms with E-state index in [9.17, 15) is 25.0 Å². The van der Waals surface area contributed by atoms with Gasteiger partial charge in [-0.3, -0.25) is 25.0 Å². The SMILES string of the molecule is O=C(c1cc([N+](=O)[O-])cc([N+](=O)[O-])c1)N1N=C2/C(=C/c3ccc(Cl)cc3)CCC[C@@H]2[C@H]1c1ccc(Cl)cc1. The number of hydrogen-bond donors (Lipinski definition) is 0. The first-order valence-corrected chi connectivity index (χ1v) is 12.5. The minimum atomic E-state index is -0.761. The highest BCUT2D eigenvalue weighted by Crippen LogP contribution is 2.45. The van der Waals surface area contributed by atoms with Gasteiger partial charge in [0.2, 0.25) is 0 Å². The summed E-state index contributed by atoms with van der Waals surface area (Å²) in [7, 11) is 0. The average molecular weight is 551 g/mol. The van der Waals surface area contributed by atoms with Crippen molar-refractivity contribution < 1.29 is 14.6 Å². The molecule has 0 aromatic heterocycles. The third-order valence-corrected chi connectivity index (χ3v) is 7.21. The predicted octanol–water partition coefficient (Wildman–Crippen LogP) is 7.25. The Morgan fingerprint density at radius 1 is 0.921 bits per heavy atom. The Labute approximate surface area is 227 Å². The van der Waals surface area contributed by atoms with Crippen LogP contribution in [0.5, 0.6) is 0 Å². The highest BCUT2D eigenvalue weighted by molar-refractivity contribution is 6.30. The first kappa shape index (κ1) is 25.6. The van der Waals surface area contributed by atoms with Gasteiger partial charge in [0, 0.05) is 28.1 Å². The molecule has 0 unspecified atom stereocenters. The minimum Gasteiger partial charge on any atom is -0.267 e. The molecule has 1 amide bonds. The van der Waals surface area contributed by atoms with Gasteiger partial charge < -0.3 is 0 Å². The maximum absolute atomic E-state index is 13.8. The molecule has 3 aromatic rings. The summed E-state index contributed by atoms with van der Waals surface area (Å²) in [6.07, 6.45) is 4.42. The zero-order valence-corrected chi connectivity index (χ0v) is 21.3. The van der Waals surface area contributed by atoms with Crippen LogP contribution < -0.4 is 0 Å². The Bertz CT molecular complexity index is 1470. The van der Waals surface area contributed by atoms with Gasteiger partial charge in [-0.15, -0.1) is 0 Å². The summed E-state index contributed by atoms with van der Waals surface area (Å²) in [5.41, 5.74) is 2.18. The van der Waals surface area contributed by atoms with Crippen molar-refractivity contribution in [1.82, 2.24) is 5.01 Å². The lowest BCUT2D eigenvalue weighted by Crippen LogP contribution is -2.32. The van der Waals surface area contributed by atoms with Crippen LogP contribution in [-0.4, -0.2) is 26.5 Å². The fraction of sp³-hybridized carbons (Fsp3) is 0.185. The highest BCUT2D eigenvalue weighted by Gasteiger charge is 2.44. The molecule has 192 valence electrons. The average Bonchev–Trinajstić information content (AvgIpc) is 3.30. The maximum Gasteiger partial charge on any atom is 0.277 e. The molecule has 3 aromatic carbocycles. The van der Waals surface area contributed by atoms with Crippen molar-refractivity contribution in [3.63, 3.8) is 0 Å². The molecular weight excluding hydrogens is 531 g/mol. The number of allylic oxidation sites excluding steroid dienone is 1. The Balaban J connectivity index is 1.61. The second-order valence-electron chi connectivity index (χ2n) is 9.10. The fourth-order valence-electron chi connectivity index (χ4n) is 4.98. The number of non-ortho nitro benzene ring substituents is 2. The molecule has 1 aliphatic carbocycles. The number of carbonyl (C=O) groups is 1. The molecule has 2 aliphatic rings. The number of benzene rings is 3. The highest BCUT2D eigenvalue weighted by atomic mass is 35.5. The third-order valence-electron chi connectivity index (χ3n) is 6.70. The largest absolute Gasteiger partial charge is 0.277 e. The molecule has 9 nitrogen and oxygen atoms in total. The molecule has 1 aliphatic heterocycles. The Morgan fingerprint density at radius 3 is 2.08 bits per heavy atom. The Morgan fingerprint density at radius 2 is 1.50 bits per heavy atom. The summed E-state index contributed by atoms with van der Waals surface area (Å²) in [6.45, 7) is 0. The van der Waals surface area contributed by atoms with Crippen LogP contribution in [0.3, 0.4) is 0 Å². The van der Waals surface area contributed by atoms with E-state index in [2.05, 4.69) is 0 Å². The monoisotopic (exact) mass is 550 g/mol. The van der Waals surface area contributed by atoms with E-state index in [-0.39, 0.29) is 11.5 Å². The van der Waals surface area contributed by atoms with E-state index in [1.54, 1.807) is 24.3 Å². The number of hydrazone groups is 1. The van der Waals surface area contributed by atoms with E-state index in [0.717, 1.165) is 59.9 Å². The van der Waals surface area contributed by atoms with Crippen molar-refractivity contribution in [2.75, 3.05) is 0 Å². The van der Waals surface area contributed by atoms with E-state index >= 15 is 0 Å². The molecule has 0 N–H and O–H groups in total. The number of nitrogens with zero attached hydrogens (tertiary/aromatic N) is 4. The summed E-state index contributed by atoms with van der Waals surface area (Å²) >= 11 is 12.1. The summed E-state index contributed by atoms with van der Waals surface area (Å²) in [6, 6.07) is 16.9. The van der Waals surface area contributed by atoms with Crippen molar-refractivity contribution in [2.24, 2.45) is 11.0 Å². The lowest BCUT2D eigenvalue weighted by molar-refractivity contribution is -0.394. The van der Waals surface area contributed by atoms with E-state index in [1.165, 1.54) is 5.01 Å². The second kappa shape index (κ2) is 10.4. The van der Waals surface area contributed by atoms with Crippen LogP contribution >= 0.6 is 23.2 Å². The van der Waals surface area contributed by atoms with E-state index < -0.39 is 33.2 Å². The Kier molecular flexibility index (Phi) is 6.96. The minimum absolute atomic E-state index is 0.138. The van der Waals surface area contributed by atoms with Gasteiger partial charge in [0.15, 0.2) is 0 Å². The van der Waals surface area contributed by atoms with Crippen molar-refractivity contribution in [3.05, 3.63) is 119 Å². The second-order valence-corrected chi connectivity index (χ2v) is 9.98. The van der Waals surface area contributed by atoms with Gasteiger partial charge >= 0.3 is 0 Å². The number of fused-ring (bicyclic) bond motifs is 1. The summed E-state index contributed by atoms with van der Waals surface area (Å²) < 4.78 is 0. The molecule has 1 fully saturated rings. The summed E-state index contributed by atoms with van der Waals surface area (Å²) in [4.78, 5) is 35.2. The van der Waals surface area contributed by atoms with Gasteiger partial charge in [0.1, 0.15) is 0 Å². The van der Waals surface area contributed by atoms with E-state index in [1.807, 2.05) is 30.3 Å². The lowest BCUT2D eigenvalue weighted by Gasteiger charge is -2.29. The van der Waals surface area contributed by atoms with Crippen LogP contribution in [0.4, 0.5) is 11.4 Å². The smallest absolute Gasteiger partial charge is 0.267 e. The molecule has 1 saturated carbocycles. The molecule has 38 heavy (non-hydrogen) atoms. The van der Waals surface area contributed by atoms with Crippen LogP contribution in [0.15, 0.2) is 77.4 Å². The molecule has 0 saturated heterocycles. The number of hydrogen-bond acceptors (Lipinski definition) is 6. The zero-order valence-electron chi connectivity index (χ0n) is 19.8. The van der Waals surface area contributed by atoms with Gasteiger partial charge in [-0.2, -0.15) is 5.10 Å². The Hall–Kier alpha value is -4.08. The number of carbonyl (C=O) groups excluding carboxylic acids is 1. The number of rotatable bonds is 5. The molecule has 0 bridgehead atoms. The fourth-order valence-corrected chi connectivity index (χ4v) is 5.24. The van der Waals surface area contributed by atoms with Gasteiger partial charge in [-0.1, -0.05) is 47.5 Å². The maximum atomic E-state index is 13.8. The first-order chi connectivity index (χ1) is 18.2. The number of halogens is 2. The van der Waals surface area contributed by atoms with Crippen LogP contribution in [0.1, 0.15) is 46.8 Å². The van der Waals surface area contributed by atoms with E-state index in [4.69, 9.17) is 28.3 Å². The summed E-state index contributed by atoms with van der Waals surface area (Å²) in [5.74, 6) is -0.800. The lowest BCUT2D eigenvalue weighted by atomic mass is 9.77.